The van der Waals surface area contributed by atoms with Gasteiger partial charge in [0.1, 0.15) is 5.75 Å². The van der Waals surface area contributed by atoms with Crippen LogP contribution in [0.1, 0.15) is 33.2 Å². The number of benzene rings is 2. The molecule has 3 aromatic rings. The van der Waals surface area contributed by atoms with Crippen molar-refractivity contribution in [2.45, 2.75) is 13.3 Å². The minimum atomic E-state index is -0.239. The van der Waals surface area contributed by atoms with Crippen molar-refractivity contribution in [2.75, 3.05) is 19.0 Å². The summed E-state index contributed by atoms with van der Waals surface area (Å²) < 4.78 is 5.31. The van der Waals surface area contributed by atoms with Crippen molar-refractivity contribution in [3.05, 3.63) is 77.6 Å². The molecule has 7 heteroatoms. The van der Waals surface area contributed by atoms with Crippen LogP contribution in [0.5, 0.6) is 5.75 Å². The van der Waals surface area contributed by atoms with E-state index in [-0.39, 0.29) is 11.7 Å². The van der Waals surface area contributed by atoms with Gasteiger partial charge < -0.3 is 15.4 Å². The molecule has 0 atom stereocenters. The third-order valence-electron chi connectivity index (χ3n) is 4.33. The van der Waals surface area contributed by atoms with E-state index in [1.54, 1.807) is 31.4 Å². The molecule has 2 N–H and O–H groups in total. The van der Waals surface area contributed by atoms with Crippen LogP contribution in [0.25, 0.3) is 0 Å². The van der Waals surface area contributed by atoms with E-state index in [1.807, 2.05) is 24.3 Å². The normalized spacial score (nSPS) is 10.3. The van der Waals surface area contributed by atoms with Gasteiger partial charge in [-0.25, -0.2) is 9.97 Å². The van der Waals surface area contributed by atoms with Gasteiger partial charge in [0.25, 0.3) is 5.91 Å². The topological polar surface area (TPSA) is 93.2 Å². The predicted octanol–water partition coefficient (Wildman–Crippen LogP) is 3.40. The molecule has 0 bridgehead atoms. The Morgan fingerprint density at radius 3 is 2.31 bits per heavy atom. The predicted molar refractivity (Wildman–Crippen MR) is 111 cm³/mol. The van der Waals surface area contributed by atoms with Gasteiger partial charge in [0.05, 0.1) is 12.7 Å². The van der Waals surface area contributed by atoms with Gasteiger partial charge in [-0.15, -0.1) is 0 Å². The van der Waals surface area contributed by atoms with Crippen LogP contribution in [0.3, 0.4) is 0 Å². The third kappa shape index (κ3) is 5.38. The summed E-state index contributed by atoms with van der Waals surface area (Å²) in [4.78, 5) is 32.0. The van der Waals surface area contributed by atoms with Crippen LogP contribution in [0.2, 0.25) is 0 Å². The Kier molecular flexibility index (Phi) is 6.52. The van der Waals surface area contributed by atoms with E-state index < -0.39 is 0 Å². The van der Waals surface area contributed by atoms with Crippen molar-refractivity contribution in [3.63, 3.8) is 0 Å². The lowest BCUT2D eigenvalue weighted by molar-refractivity contribution is 0.0952. The molecule has 2 aromatic carbocycles. The van der Waals surface area contributed by atoms with E-state index in [1.165, 1.54) is 19.3 Å². The number of carbonyl (C=O) groups excluding carboxylic acids is 2. The summed E-state index contributed by atoms with van der Waals surface area (Å²) in [5, 5.41) is 5.89. The maximum absolute atomic E-state index is 12.3. The Balaban J connectivity index is 1.53. The second kappa shape index (κ2) is 9.45. The lowest BCUT2D eigenvalue weighted by Gasteiger charge is -2.09. The molecule has 0 fully saturated rings. The number of amides is 1. The zero-order chi connectivity index (χ0) is 20.6. The fourth-order valence-electron chi connectivity index (χ4n) is 2.75. The van der Waals surface area contributed by atoms with Gasteiger partial charge in [0, 0.05) is 30.2 Å². The number of Topliss-reactive ketones (excluding diaryl/α,β-unsaturated/α-hetero) is 1. The lowest BCUT2D eigenvalue weighted by Crippen LogP contribution is -2.26. The van der Waals surface area contributed by atoms with Crippen molar-refractivity contribution < 1.29 is 14.3 Å². The smallest absolute Gasteiger partial charge is 0.254 e. The molecule has 0 saturated heterocycles. The zero-order valence-electron chi connectivity index (χ0n) is 16.3. The monoisotopic (exact) mass is 390 g/mol. The summed E-state index contributed by atoms with van der Waals surface area (Å²) in [5.41, 5.74) is 2.80. The van der Waals surface area contributed by atoms with Crippen LogP contribution in [0.4, 0.5) is 11.6 Å². The van der Waals surface area contributed by atoms with Crippen LogP contribution in [0, 0.1) is 0 Å². The number of para-hydroxylation sites is 1. The van der Waals surface area contributed by atoms with Gasteiger partial charge in [-0.2, -0.15) is 0 Å². The van der Waals surface area contributed by atoms with E-state index in [4.69, 9.17) is 4.74 Å². The fourth-order valence-corrected chi connectivity index (χ4v) is 2.75. The number of hydrogen-bond donors (Lipinski definition) is 2. The first kappa shape index (κ1) is 20.0. The van der Waals surface area contributed by atoms with Gasteiger partial charge in [-0.1, -0.05) is 18.2 Å². The number of nitrogens with zero attached hydrogens (tertiary/aromatic N) is 2. The number of anilines is 2. The Morgan fingerprint density at radius 2 is 1.66 bits per heavy atom. The highest BCUT2D eigenvalue weighted by Crippen LogP contribution is 2.17. The summed E-state index contributed by atoms with van der Waals surface area (Å²) in [7, 11) is 1.63. The van der Waals surface area contributed by atoms with Crippen molar-refractivity contribution >= 4 is 23.3 Å². The molecule has 1 amide bonds. The Hall–Kier alpha value is -3.74. The van der Waals surface area contributed by atoms with Crippen molar-refractivity contribution in [3.8, 4) is 5.75 Å². The maximum Gasteiger partial charge on any atom is 0.254 e. The molecule has 148 valence electrons. The maximum atomic E-state index is 12.3. The van der Waals surface area contributed by atoms with Crippen LogP contribution in [0.15, 0.2) is 60.9 Å². The summed E-state index contributed by atoms with van der Waals surface area (Å²) in [6.45, 7) is 1.99. The Labute approximate surface area is 169 Å². The van der Waals surface area contributed by atoms with Gasteiger partial charge in [0.15, 0.2) is 5.78 Å². The summed E-state index contributed by atoms with van der Waals surface area (Å²) in [6, 6.07) is 14.7. The first-order valence-corrected chi connectivity index (χ1v) is 9.17. The molecule has 0 aliphatic carbocycles. The second-order valence-corrected chi connectivity index (χ2v) is 6.37. The molecule has 3 rings (SSSR count). The Morgan fingerprint density at radius 1 is 0.966 bits per heavy atom. The van der Waals surface area contributed by atoms with E-state index in [0.29, 0.717) is 30.0 Å². The van der Waals surface area contributed by atoms with Crippen molar-refractivity contribution in [1.29, 1.82) is 0 Å². The molecule has 0 saturated carbocycles. The average Bonchev–Trinajstić information content (AvgIpc) is 2.75. The van der Waals surface area contributed by atoms with Gasteiger partial charge in [0.2, 0.25) is 5.95 Å². The Bertz CT molecular complexity index is 986. The quantitative estimate of drug-likeness (QED) is 0.573. The number of ketones is 1. The van der Waals surface area contributed by atoms with E-state index in [0.717, 1.165) is 17.0 Å². The van der Waals surface area contributed by atoms with Crippen LogP contribution < -0.4 is 15.4 Å². The number of hydrogen-bond acceptors (Lipinski definition) is 6. The van der Waals surface area contributed by atoms with Gasteiger partial charge >= 0.3 is 0 Å². The molecule has 0 spiro atoms. The van der Waals surface area contributed by atoms with Crippen LogP contribution >= 0.6 is 0 Å². The highest BCUT2D eigenvalue weighted by molar-refractivity contribution is 5.94. The highest BCUT2D eigenvalue weighted by atomic mass is 16.5. The summed E-state index contributed by atoms with van der Waals surface area (Å²) in [5.74, 6) is 0.939. The van der Waals surface area contributed by atoms with Crippen LogP contribution in [-0.4, -0.2) is 35.3 Å². The number of nitrogens with one attached hydrogen (secondary N) is 2. The number of ether oxygens (including phenoxy) is 1. The van der Waals surface area contributed by atoms with Crippen molar-refractivity contribution in [1.82, 2.24) is 15.3 Å². The summed E-state index contributed by atoms with van der Waals surface area (Å²) in [6.07, 6.45) is 3.60. The first-order chi connectivity index (χ1) is 14.1. The lowest BCUT2D eigenvalue weighted by atomic mass is 10.1. The van der Waals surface area contributed by atoms with E-state index >= 15 is 0 Å². The molecule has 1 aromatic heterocycles. The number of aromatic nitrogens is 2. The average molecular weight is 390 g/mol. The van der Waals surface area contributed by atoms with Gasteiger partial charge in [-0.3, -0.25) is 9.59 Å². The van der Waals surface area contributed by atoms with Crippen molar-refractivity contribution in [2.24, 2.45) is 0 Å². The largest absolute Gasteiger partial charge is 0.496 e. The zero-order valence-corrected chi connectivity index (χ0v) is 16.3. The molecule has 0 aliphatic heterocycles. The first-order valence-electron chi connectivity index (χ1n) is 9.17. The second-order valence-electron chi connectivity index (χ2n) is 6.37. The molecule has 29 heavy (non-hydrogen) atoms. The highest BCUT2D eigenvalue weighted by Gasteiger charge is 2.08. The molecular formula is C22H22N4O3. The number of methoxy groups -OCH3 is 1. The minimum Gasteiger partial charge on any atom is -0.496 e. The standard InChI is InChI=1S/C22H22N4O3/c1-15(27)16-7-9-19(10-8-16)26-22-24-13-18(14-25-22)21(28)23-12-11-17-5-3-4-6-20(17)29-2/h3-10,13-14H,11-12H2,1-2H3,(H,23,28)(H,24,25,26). The SMILES string of the molecule is COc1ccccc1CCNC(=O)c1cnc(Nc2ccc(C(C)=O)cc2)nc1. The fraction of sp³-hybridized carbons (Fsp3) is 0.182. The van der Waals surface area contributed by atoms with E-state index in [9.17, 15) is 9.59 Å². The molecule has 0 aliphatic rings. The van der Waals surface area contributed by atoms with Gasteiger partial charge in [-0.05, 0) is 49.2 Å². The molecule has 7 nitrogen and oxygen atoms in total. The van der Waals surface area contributed by atoms with Crippen LogP contribution in [-0.2, 0) is 6.42 Å². The molecular weight excluding hydrogens is 368 g/mol. The third-order valence-corrected chi connectivity index (χ3v) is 4.33. The number of rotatable bonds is 8. The number of carbonyl (C=O) groups is 2. The molecule has 1 heterocycles. The molecule has 0 unspecified atom stereocenters. The molecule has 0 radical (unpaired) electrons. The summed E-state index contributed by atoms with van der Waals surface area (Å²) >= 11 is 0. The van der Waals surface area contributed by atoms with E-state index in [2.05, 4.69) is 20.6 Å². The minimum absolute atomic E-state index is 0.00822.